The van der Waals surface area contributed by atoms with Crippen molar-refractivity contribution in [2.24, 2.45) is 11.8 Å². The van der Waals surface area contributed by atoms with E-state index in [0.717, 1.165) is 4.90 Å². The first-order valence-corrected chi connectivity index (χ1v) is 7.59. The molecule has 1 N–H and O–H groups in total. The summed E-state index contributed by atoms with van der Waals surface area (Å²) in [6, 6.07) is 6.90. The first-order valence-electron chi connectivity index (χ1n) is 7.59. The molecule has 5 nitrogen and oxygen atoms in total. The van der Waals surface area contributed by atoms with Gasteiger partial charge in [0.1, 0.15) is 5.75 Å². The normalized spacial score (nSPS) is 26.6. The molecule has 0 aromatic heterocycles. The number of carboxylic acids is 1. The lowest BCUT2D eigenvalue weighted by atomic mass is 9.92. The number of carbonyl (C=O) groups excluding carboxylic acids is 1. The minimum absolute atomic E-state index is 0.298. The van der Waals surface area contributed by atoms with Gasteiger partial charge in [0.2, 0.25) is 5.91 Å². The number of carboxylic acid groups (broad SMARTS) is 1. The summed E-state index contributed by atoms with van der Waals surface area (Å²) in [6.45, 7) is -0.733. The lowest BCUT2D eigenvalue weighted by Gasteiger charge is -2.28. The molecule has 0 radical (unpaired) electrons. The number of hydrogen-bond acceptors (Lipinski definition) is 3. The molecule has 0 spiro atoms. The number of carbonyl (C=O) groups is 2. The van der Waals surface area contributed by atoms with Gasteiger partial charge >= 0.3 is 12.1 Å². The van der Waals surface area contributed by atoms with Crippen LogP contribution in [-0.4, -0.2) is 47.8 Å². The summed E-state index contributed by atoms with van der Waals surface area (Å²) in [5.41, 5.74) is 0.635. The van der Waals surface area contributed by atoms with E-state index in [4.69, 9.17) is 9.84 Å². The Kier molecular flexibility index (Phi) is 4.15. The number of benzene rings is 1. The maximum Gasteiger partial charge on any atom is 0.394 e. The molecule has 0 saturated carbocycles. The van der Waals surface area contributed by atoms with Gasteiger partial charge in [0.25, 0.3) is 0 Å². The maximum atomic E-state index is 13.1. The molecule has 3 atom stereocenters. The zero-order chi connectivity index (χ0) is 17.5. The standard InChI is InChI=1S/C16H16F3NO4/c17-16(18,19)12-8-20(7-11(12)15(22)23)14(21)10-5-6-24-13-4-2-1-3-9(10)13/h1-4,10-12H,5-8H2,(H,22,23)/t10?,11-,12-/m1/s1. The van der Waals surface area contributed by atoms with Crippen molar-refractivity contribution >= 4 is 11.9 Å². The molecule has 2 aliphatic heterocycles. The third kappa shape index (κ3) is 2.92. The van der Waals surface area contributed by atoms with Crippen LogP contribution in [0, 0.1) is 11.8 Å². The van der Waals surface area contributed by atoms with Gasteiger partial charge in [-0.25, -0.2) is 0 Å². The van der Waals surface area contributed by atoms with Crippen LogP contribution in [0.15, 0.2) is 24.3 Å². The summed E-state index contributed by atoms with van der Waals surface area (Å²) in [6.07, 6.45) is -4.29. The molecule has 2 aliphatic rings. The van der Waals surface area contributed by atoms with E-state index >= 15 is 0 Å². The van der Waals surface area contributed by atoms with E-state index in [1.54, 1.807) is 24.3 Å². The molecule has 130 valence electrons. The zero-order valence-corrected chi connectivity index (χ0v) is 12.6. The summed E-state index contributed by atoms with van der Waals surface area (Å²) in [4.78, 5) is 24.9. The van der Waals surface area contributed by atoms with Gasteiger partial charge < -0.3 is 14.7 Å². The third-order valence-corrected chi connectivity index (χ3v) is 4.63. The van der Waals surface area contributed by atoms with Gasteiger partial charge in [-0.3, -0.25) is 9.59 Å². The van der Waals surface area contributed by atoms with Crippen molar-refractivity contribution in [3.05, 3.63) is 29.8 Å². The van der Waals surface area contributed by atoms with E-state index in [1.807, 2.05) is 0 Å². The predicted octanol–water partition coefficient (Wildman–Crippen LogP) is 2.27. The van der Waals surface area contributed by atoms with Crippen LogP contribution in [0.1, 0.15) is 17.9 Å². The van der Waals surface area contributed by atoms with Gasteiger partial charge in [-0.1, -0.05) is 18.2 Å². The predicted molar refractivity (Wildman–Crippen MR) is 76.5 cm³/mol. The fourth-order valence-electron chi connectivity index (χ4n) is 3.38. The molecule has 2 heterocycles. The van der Waals surface area contributed by atoms with Crippen molar-refractivity contribution in [3.63, 3.8) is 0 Å². The van der Waals surface area contributed by atoms with E-state index in [1.165, 1.54) is 0 Å². The number of amides is 1. The molecule has 1 fully saturated rings. The quantitative estimate of drug-likeness (QED) is 0.895. The van der Waals surface area contributed by atoms with Crippen molar-refractivity contribution in [2.75, 3.05) is 19.7 Å². The maximum absolute atomic E-state index is 13.1. The second-order valence-electron chi connectivity index (χ2n) is 6.06. The molecular formula is C16H16F3NO4. The minimum atomic E-state index is -4.65. The Morgan fingerprint density at radius 3 is 2.54 bits per heavy atom. The molecule has 1 saturated heterocycles. The number of ether oxygens (including phenoxy) is 1. The molecule has 1 amide bonds. The Labute approximate surface area is 136 Å². The monoisotopic (exact) mass is 343 g/mol. The largest absolute Gasteiger partial charge is 0.493 e. The van der Waals surface area contributed by atoms with Crippen LogP contribution in [0.25, 0.3) is 0 Å². The van der Waals surface area contributed by atoms with Gasteiger partial charge in [0.05, 0.1) is 24.4 Å². The van der Waals surface area contributed by atoms with Crippen LogP contribution in [0.5, 0.6) is 5.75 Å². The number of hydrogen-bond donors (Lipinski definition) is 1. The fourth-order valence-corrected chi connectivity index (χ4v) is 3.38. The molecule has 24 heavy (non-hydrogen) atoms. The number of alkyl halides is 3. The third-order valence-electron chi connectivity index (χ3n) is 4.63. The topological polar surface area (TPSA) is 66.8 Å². The Balaban J connectivity index is 1.83. The molecule has 1 aromatic rings. The highest BCUT2D eigenvalue weighted by Gasteiger charge is 2.54. The van der Waals surface area contributed by atoms with E-state index in [2.05, 4.69) is 0 Å². The van der Waals surface area contributed by atoms with Crippen LogP contribution in [0.2, 0.25) is 0 Å². The minimum Gasteiger partial charge on any atom is -0.493 e. The molecule has 8 heteroatoms. The lowest BCUT2D eigenvalue weighted by Crippen LogP contribution is -2.37. The van der Waals surface area contributed by atoms with Crippen LogP contribution in [-0.2, 0) is 9.59 Å². The number of halogens is 3. The smallest absolute Gasteiger partial charge is 0.394 e. The molecule has 1 aromatic carbocycles. The zero-order valence-electron chi connectivity index (χ0n) is 12.6. The second kappa shape index (κ2) is 5.99. The average molecular weight is 343 g/mol. The number of rotatable bonds is 2. The van der Waals surface area contributed by atoms with Gasteiger partial charge in [-0.05, 0) is 12.5 Å². The van der Waals surface area contributed by atoms with Gasteiger partial charge in [0.15, 0.2) is 0 Å². The van der Waals surface area contributed by atoms with E-state index in [0.29, 0.717) is 24.3 Å². The Morgan fingerprint density at radius 1 is 1.21 bits per heavy atom. The van der Waals surface area contributed by atoms with Crippen molar-refractivity contribution in [1.82, 2.24) is 4.90 Å². The first kappa shape index (κ1) is 16.6. The number of aliphatic carboxylic acids is 1. The van der Waals surface area contributed by atoms with Gasteiger partial charge in [-0.2, -0.15) is 13.2 Å². The van der Waals surface area contributed by atoms with Crippen LogP contribution >= 0.6 is 0 Å². The van der Waals surface area contributed by atoms with E-state index < -0.39 is 48.9 Å². The Morgan fingerprint density at radius 2 is 1.92 bits per heavy atom. The van der Waals surface area contributed by atoms with E-state index in [-0.39, 0.29) is 0 Å². The van der Waals surface area contributed by atoms with Gasteiger partial charge in [-0.15, -0.1) is 0 Å². The molecule has 0 aliphatic carbocycles. The SMILES string of the molecule is O=C(O)[C@@H]1CN(C(=O)C2CCOc3ccccc32)C[C@H]1C(F)(F)F. The van der Waals surface area contributed by atoms with Crippen LogP contribution < -0.4 is 4.74 Å². The van der Waals surface area contributed by atoms with Crippen LogP contribution in [0.4, 0.5) is 13.2 Å². The van der Waals surface area contributed by atoms with Gasteiger partial charge in [0, 0.05) is 18.7 Å². The Bertz CT molecular complexity index is 661. The summed E-state index contributed by atoms with van der Waals surface area (Å²) in [5.74, 6) is -5.71. The summed E-state index contributed by atoms with van der Waals surface area (Å²) >= 11 is 0. The molecule has 0 bridgehead atoms. The number of para-hydroxylation sites is 1. The highest BCUT2D eigenvalue weighted by atomic mass is 19.4. The van der Waals surface area contributed by atoms with Crippen molar-refractivity contribution in [2.45, 2.75) is 18.5 Å². The molecule has 3 rings (SSSR count). The van der Waals surface area contributed by atoms with E-state index in [9.17, 15) is 22.8 Å². The second-order valence-corrected chi connectivity index (χ2v) is 6.06. The van der Waals surface area contributed by atoms with Crippen molar-refractivity contribution < 1.29 is 32.6 Å². The van der Waals surface area contributed by atoms with Crippen molar-refractivity contribution in [1.29, 1.82) is 0 Å². The summed E-state index contributed by atoms with van der Waals surface area (Å²) in [5, 5.41) is 9.06. The number of likely N-dealkylation sites (tertiary alicyclic amines) is 1. The number of fused-ring (bicyclic) bond motifs is 1. The first-order chi connectivity index (χ1) is 11.3. The Hall–Kier alpha value is -2.25. The summed E-state index contributed by atoms with van der Waals surface area (Å²) < 4.78 is 44.7. The molecule has 1 unspecified atom stereocenters. The molecular weight excluding hydrogens is 327 g/mol. The highest BCUT2D eigenvalue weighted by molar-refractivity contribution is 5.86. The lowest BCUT2D eigenvalue weighted by molar-refractivity contribution is -0.188. The summed E-state index contributed by atoms with van der Waals surface area (Å²) in [7, 11) is 0. The van der Waals surface area contributed by atoms with Crippen LogP contribution in [0.3, 0.4) is 0 Å². The van der Waals surface area contributed by atoms with Crippen molar-refractivity contribution in [3.8, 4) is 5.75 Å². The average Bonchev–Trinajstić information content (AvgIpc) is 2.99. The fraction of sp³-hybridized carbons (Fsp3) is 0.500. The number of nitrogens with zero attached hydrogens (tertiary/aromatic N) is 1. The highest BCUT2D eigenvalue weighted by Crippen LogP contribution is 2.40.